The molecule has 0 atom stereocenters. The maximum atomic E-state index is 10.7. The Balaban J connectivity index is 0. The van der Waals surface area contributed by atoms with Crippen molar-refractivity contribution in [3.8, 4) is 0 Å². The highest BCUT2D eigenvalue weighted by atomic mass is 32.2. The lowest BCUT2D eigenvalue weighted by molar-refractivity contribution is -0.0517. The minimum Gasteiger partial charge on any atom is -0.741 e. The van der Waals surface area contributed by atoms with Gasteiger partial charge in [-0.15, -0.1) is 0 Å². The van der Waals surface area contributed by atoms with Gasteiger partial charge in [0.05, 0.1) is 0 Å². The standard InChI is InChI=1S/C3H9Si.CHF3O3S/c1-4(2)3;2-1(3,4)8(5,6)7/h1-3H3;(H,5,6,7)/p-1. The zero-order valence-corrected chi connectivity index (χ0v) is 8.58. The van der Waals surface area contributed by atoms with Gasteiger partial charge in [-0.1, -0.05) is 19.6 Å². The first kappa shape index (κ1) is 14.4. The van der Waals surface area contributed by atoms with E-state index in [2.05, 4.69) is 19.6 Å². The van der Waals surface area contributed by atoms with E-state index in [0.717, 1.165) is 0 Å². The summed E-state index contributed by atoms with van der Waals surface area (Å²) in [6, 6.07) is 0. The molecular formula is C4H9F3O3SSi-. The minimum atomic E-state index is -6.09. The highest BCUT2D eigenvalue weighted by Gasteiger charge is 2.36. The summed E-state index contributed by atoms with van der Waals surface area (Å²) in [5, 5.41) is 0. The van der Waals surface area contributed by atoms with Gasteiger partial charge in [-0.2, -0.15) is 13.2 Å². The lowest BCUT2D eigenvalue weighted by Crippen LogP contribution is -2.21. The average Bonchev–Trinajstić information content (AvgIpc) is 1.55. The van der Waals surface area contributed by atoms with Gasteiger partial charge in [0, 0.05) is 8.80 Å². The molecule has 0 aromatic heterocycles. The van der Waals surface area contributed by atoms with Gasteiger partial charge in [0.15, 0.2) is 10.1 Å². The lowest BCUT2D eigenvalue weighted by atomic mass is 11.6. The first-order chi connectivity index (χ1) is 4.98. The Morgan fingerprint density at radius 2 is 1.25 bits per heavy atom. The van der Waals surface area contributed by atoms with Gasteiger partial charge < -0.3 is 4.55 Å². The fourth-order valence-electron chi connectivity index (χ4n) is 0. The highest BCUT2D eigenvalue weighted by Crippen LogP contribution is 2.20. The van der Waals surface area contributed by atoms with E-state index in [4.69, 9.17) is 13.0 Å². The van der Waals surface area contributed by atoms with Crippen LogP contribution in [0.3, 0.4) is 0 Å². The van der Waals surface area contributed by atoms with Crippen LogP contribution in [0, 0.1) is 0 Å². The molecule has 12 heavy (non-hydrogen) atoms. The Morgan fingerprint density at radius 1 is 1.17 bits per heavy atom. The molecule has 3 nitrogen and oxygen atoms in total. The fourth-order valence-corrected chi connectivity index (χ4v) is 0. The summed E-state index contributed by atoms with van der Waals surface area (Å²) in [6.07, 6.45) is 0. The van der Waals surface area contributed by atoms with Crippen molar-refractivity contribution in [3.63, 3.8) is 0 Å². The molecule has 1 radical (unpaired) electrons. The predicted octanol–water partition coefficient (Wildman–Crippen LogP) is 1.42. The molecular weight excluding hydrogens is 213 g/mol. The zero-order valence-electron chi connectivity index (χ0n) is 6.77. The summed E-state index contributed by atoms with van der Waals surface area (Å²) in [5.41, 5.74) is -5.65. The minimum absolute atomic E-state index is 0.120. The van der Waals surface area contributed by atoms with Gasteiger partial charge in [-0.3, -0.25) is 0 Å². The predicted molar refractivity (Wildman–Crippen MR) is 39.1 cm³/mol. The number of hydrogen-bond donors (Lipinski definition) is 0. The fraction of sp³-hybridized carbons (Fsp3) is 1.00. The molecule has 0 aromatic carbocycles. The van der Waals surface area contributed by atoms with Crippen LogP contribution >= 0.6 is 0 Å². The molecule has 0 saturated carbocycles. The highest BCUT2D eigenvalue weighted by molar-refractivity contribution is 7.86. The van der Waals surface area contributed by atoms with Crippen molar-refractivity contribution in [2.75, 3.05) is 0 Å². The molecule has 0 aliphatic heterocycles. The van der Waals surface area contributed by atoms with E-state index in [1.807, 2.05) is 0 Å². The van der Waals surface area contributed by atoms with Crippen LogP contribution in [0.2, 0.25) is 19.6 Å². The van der Waals surface area contributed by atoms with E-state index in [0.29, 0.717) is 0 Å². The maximum Gasteiger partial charge on any atom is 0.485 e. The van der Waals surface area contributed by atoms with Crippen LogP contribution in [0.5, 0.6) is 0 Å². The van der Waals surface area contributed by atoms with Crippen LogP contribution in [0.25, 0.3) is 0 Å². The Hall–Kier alpha value is -0.0831. The second-order valence-corrected chi connectivity index (χ2v) is 6.77. The van der Waals surface area contributed by atoms with E-state index in [1.165, 1.54) is 0 Å². The van der Waals surface area contributed by atoms with Crippen molar-refractivity contribution >= 4 is 18.9 Å². The third-order valence-corrected chi connectivity index (χ3v) is 0.850. The lowest BCUT2D eigenvalue weighted by Gasteiger charge is -2.08. The molecule has 0 heterocycles. The van der Waals surface area contributed by atoms with Crippen molar-refractivity contribution in [1.29, 1.82) is 0 Å². The quantitative estimate of drug-likeness (QED) is 0.354. The van der Waals surface area contributed by atoms with Gasteiger partial charge >= 0.3 is 5.51 Å². The zero-order chi connectivity index (χ0) is 10.6. The molecule has 0 amide bonds. The van der Waals surface area contributed by atoms with Gasteiger partial charge in [0.2, 0.25) is 0 Å². The first-order valence-corrected chi connectivity index (χ1v) is 7.18. The first-order valence-electron chi connectivity index (χ1n) is 2.77. The molecule has 0 spiro atoms. The van der Waals surface area contributed by atoms with E-state index < -0.39 is 15.6 Å². The molecule has 8 heteroatoms. The van der Waals surface area contributed by atoms with E-state index in [9.17, 15) is 13.2 Å². The number of alkyl halides is 3. The molecule has 0 bridgehead atoms. The van der Waals surface area contributed by atoms with Gasteiger partial charge in [-0.25, -0.2) is 8.42 Å². The molecule has 0 fully saturated rings. The number of halogens is 3. The van der Waals surface area contributed by atoms with E-state index >= 15 is 0 Å². The summed E-state index contributed by atoms with van der Waals surface area (Å²) < 4.78 is 58.9. The van der Waals surface area contributed by atoms with Gasteiger partial charge in [-0.05, 0) is 0 Å². The molecule has 0 aliphatic carbocycles. The van der Waals surface area contributed by atoms with Crippen molar-refractivity contribution in [3.05, 3.63) is 0 Å². The molecule has 75 valence electrons. The van der Waals surface area contributed by atoms with Crippen molar-refractivity contribution in [2.24, 2.45) is 0 Å². The SMILES string of the molecule is C[Si](C)C.O=S(=O)([O-])C(F)(F)F. The van der Waals surface area contributed by atoms with Crippen LogP contribution in [0.1, 0.15) is 0 Å². The Labute approximate surface area is 70.9 Å². The van der Waals surface area contributed by atoms with Crippen molar-refractivity contribution < 1.29 is 26.1 Å². The van der Waals surface area contributed by atoms with Crippen molar-refractivity contribution in [1.82, 2.24) is 0 Å². The Morgan fingerprint density at radius 3 is 1.25 bits per heavy atom. The largest absolute Gasteiger partial charge is 0.741 e. The molecule has 0 aromatic rings. The molecule has 0 aliphatic rings. The Kier molecular flexibility index (Phi) is 5.81. The topological polar surface area (TPSA) is 57.2 Å². The second kappa shape index (κ2) is 4.82. The molecule has 0 saturated heterocycles. The number of rotatable bonds is 0. The van der Waals surface area contributed by atoms with Gasteiger partial charge in [0.1, 0.15) is 0 Å². The van der Waals surface area contributed by atoms with Crippen LogP contribution in [-0.4, -0.2) is 27.3 Å². The monoisotopic (exact) mass is 222 g/mol. The third-order valence-electron chi connectivity index (χ3n) is 0.283. The summed E-state index contributed by atoms with van der Waals surface area (Å²) in [6.45, 7) is 6.81. The summed E-state index contributed by atoms with van der Waals surface area (Å²) in [5.74, 6) is 0. The van der Waals surface area contributed by atoms with E-state index in [-0.39, 0.29) is 8.80 Å². The van der Waals surface area contributed by atoms with Gasteiger partial charge in [0.25, 0.3) is 0 Å². The van der Waals surface area contributed by atoms with Crippen LogP contribution < -0.4 is 0 Å². The van der Waals surface area contributed by atoms with Crippen LogP contribution in [0.4, 0.5) is 13.2 Å². The van der Waals surface area contributed by atoms with E-state index in [1.54, 1.807) is 0 Å². The maximum absolute atomic E-state index is 10.7. The summed E-state index contributed by atoms with van der Waals surface area (Å²) >= 11 is 0. The average molecular weight is 222 g/mol. The van der Waals surface area contributed by atoms with Crippen LogP contribution in [-0.2, 0) is 10.1 Å². The number of hydrogen-bond acceptors (Lipinski definition) is 3. The third kappa shape index (κ3) is 9.92. The normalized spacial score (nSPS) is 12.3. The van der Waals surface area contributed by atoms with Crippen LogP contribution in [0.15, 0.2) is 0 Å². The summed E-state index contributed by atoms with van der Waals surface area (Å²) in [7, 11) is -5.97. The van der Waals surface area contributed by atoms with Crippen molar-refractivity contribution in [2.45, 2.75) is 25.1 Å². The molecule has 0 N–H and O–H groups in total. The second-order valence-electron chi connectivity index (χ2n) is 2.40. The summed E-state index contributed by atoms with van der Waals surface area (Å²) in [4.78, 5) is 0. The smallest absolute Gasteiger partial charge is 0.485 e. The molecule has 0 rings (SSSR count). The Bertz CT molecular complexity index is 205. The molecule has 0 unspecified atom stereocenters.